The lowest BCUT2D eigenvalue weighted by Crippen LogP contribution is -2.33. The van der Waals surface area contributed by atoms with Crippen LogP contribution >= 0.6 is 22.7 Å². The molecule has 0 radical (unpaired) electrons. The van der Waals surface area contributed by atoms with Crippen LogP contribution in [0.3, 0.4) is 0 Å². The second-order valence-electron chi connectivity index (χ2n) is 10.2. The van der Waals surface area contributed by atoms with E-state index in [9.17, 15) is 39.6 Å². The Morgan fingerprint density at radius 1 is 0.587 bits per heavy atom. The summed E-state index contributed by atoms with van der Waals surface area (Å²) >= 11 is 2.87. The van der Waals surface area contributed by atoms with E-state index in [1.165, 1.54) is 46.9 Å². The molecule has 0 saturated carbocycles. The third-order valence-electron chi connectivity index (χ3n) is 6.93. The first-order valence-corrected chi connectivity index (χ1v) is 15.1. The first kappa shape index (κ1) is 30.2. The van der Waals surface area contributed by atoms with Crippen molar-refractivity contribution >= 4 is 56.2 Å². The molecule has 2 N–H and O–H groups in total. The highest BCUT2D eigenvalue weighted by molar-refractivity contribution is 7.29. The van der Waals surface area contributed by atoms with Crippen molar-refractivity contribution in [1.29, 1.82) is 0 Å². The Balaban J connectivity index is 1.16. The van der Waals surface area contributed by atoms with Crippen LogP contribution in [0, 0.1) is 0 Å². The average Bonchev–Trinajstić information content (AvgIpc) is 3.61. The van der Waals surface area contributed by atoms with Gasteiger partial charge in [-0.1, -0.05) is 22.7 Å². The van der Waals surface area contributed by atoms with Gasteiger partial charge in [0, 0.05) is 46.5 Å². The molecular weight excluding hydrogens is 633 g/mol. The van der Waals surface area contributed by atoms with Gasteiger partial charge in [0.1, 0.15) is 10.0 Å². The summed E-state index contributed by atoms with van der Waals surface area (Å²) in [5.41, 5.74) is 2.07. The molecule has 0 atom stereocenters. The summed E-state index contributed by atoms with van der Waals surface area (Å²) < 4.78 is 3.59. The molecule has 0 aliphatic carbocycles. The highest BCUT2D eigenvalue weighted by atomic mass is 32.1. The molecule has 4 heterocycles. The van der Waals surface area contributed by atoms with Gasteiger partial charge in [-0.05, 0) is 47.5 Å². The van der Waals surface area contributed by atoms with Crippen LogP contribution in [0.1, 0.15) is 52.6 Å². The molecule has 228 valence electrons. The van der Waals surface area contributed by atoms with Crippen LogP contribution in [0.4, 0.5) is 0 Å². The molecule has 0 aliphatic rings. The predicted molar refractivity (Wildman–Crippen MR) is 160 cm³/mol. The summed E-state index contributed by atoms with van der Waals surface area (Å²) in [6, 6.07) is 15.2. The van der Waals surface area contributed by atoms with E-state index < -0.39 is 23.9 Å². The van der Waals surface area contributed by atoms with E-state index in [4.69, 9.17) is 9.97 Å². The van der Waals surface area contributed by atoms with Gasteiger partial charge in [-0.3, -0.25) is 0 Å². The fourth-order valence-electron chi connectivity index (χ4n) is 4.77. The second kappa shape index (κ2) is 12.3. The van der Waals surface area contributed by atoms with Crippen molar-refractivity contribution in [1.82, 2.24) is 9.97 Å². The Bertz CT molecular complexity index is 1930. The summed E-state index contributed by atoms with van der Waals surface area (Å²) in [6.07, 6.45) is 7.19. The summed E-state index contributed by atoms with van der Waals surface area (Å²) in [6.45, 7) is 0.512. The smallest absolute Gasteiger partial charge is 0.335 e. The Hall–Kier alpha value is -5.86. The van der Waals surface area contributed by atoms with E-state index in [0.29, 0.717) is 11.1 Å². The zero-order valence-electron chi connectivity index (χ0n) is 23.4. The van der Waals surface area contributed by atoms with Crippen LogP contribution in [0.25, 0.3) is 30.8 Å². The van der Waals surface area contributed by atoms with Crippen LogP contribution in [-0.4, -0.2) is 44.1 Å². The largest absolute Gasteiger partial charge is 0.545 e. The summed E-state index contributed by atoms with van der Waals surface area (Å²) in [7, 11) is 0. The Morgan fingerprint density at radius 2 is 0.935 bits per heavy atom. The highest BCUT2D eigenvalue weighted by Gasteiger charge is 2.17. The summed E-state index contributed by atoms with van der Waals surface area (Å²) in [4.78, 5) is 56.4. The number of hydrogen-bond donors (Lipinski definition) is 2. The topological polar surface area (TPSA) is 188 Å². The molecule has 4 aromatic heterocycles. The molecular formula is C32H20N4O8S2. The SMILES string of the molecule is O=C([O-])c1cc(C[n+]2ccc(-c3nc4sc(-c5cc[n+](Cc6cc(C(=O)[O-])cc(C(=O)O)c6)cc5)nc4s3)cc2)cc(C(=O)O)c1. The molecule has 0 saturated heterocycles. The molecule has 2 aromatic carbocycles. The molecule has 0 unspecified atom stereocenters. The van der Waals surface area contributed by atoms with E-state index in [2.05, 4.69) is 0 Å². The number of pyridine rings is 2. The van der Waals surface area contributed by atoms with Gasteiger partial charge in [0.25, 0.3) is 0 Å². The van der Waals surface area contributed by atoms with Crippen LogP contribution < -0.4 is 19.3 Å². The minimum atomic E-state index is -1.45. The molecule has 0 spiro atoms. The molecule has 0 aliphatic heterocycles. The second-order valence-corrected chi connectivity index (χ2v) is 12.1. The molecule has 0 bridgehead atoms. The summed E-state index contributed by atoms with van der Waals surface area (Å²) in [5.74, 6) is -5.34. The number of carbonyl (C=O) groups is 4. The number of carboxylic acids is 4. The maximum Gasteiger partial charge on any atom is 0.335 e. The third-order valence-corrected chi connectivity index (χ3v) is 9.06. The van der Waals surface area contributed by atoms with Crippen molar-refractivity contribution in [2.24, 2.45) is 0 Å². The quantitative estimate of drug-likeness (QED) is 0.207. The molecule has 6 rings (SSSR count). The van der Waals surface area contributed by atoms with Crippen molar-refractivity contribution < 1.29 is 48.7 Å². The Kier molecular flexibility index (Phi) is 8.04. The number of carboxylic acid groups (broad SMARTS) is 4. The maximum absolute atomic E-state index is 11.4. The highest BCUT2D eigenvalue weighted by Crippen LogP contribution is 2.36. The zero-order valence-corrected chi connectivity index (χ0v) is 25.1. The van der Waals surface area contributed by atoms with Gasteiger partial charge in [-0.15, -0.1) is 0 Å². The molecule has 0 fully saturated rings. The van der Waals surface area contributed by atoms with E-state index in [1.807, 2.05) is 24.3 Å². The first-order valence-electron chi connectivity index (χ1n) is 13.5. The molecule has 0 amide bonds. The molecule has 6 aromatic rings. The van der Waals surface area contributed by atoms with Crippen LogP contribution in [0.5, 0.6) is 0 Å². The van der Waals surface area contributed by atoms with E-state index in [-0.39, 0.29) is 35.3 Å². The Labute approximate surface area is 267 Å². The minimum absolute atomic E-state index is 0.129. The van der Waals surface area contributed by atoms with Gasteiger partial charge in [-0.25, -0.2) is 28.7 Å². The number of rotatable bonds is 10. The van der Waals surface area contributed by atoms with Gasteiger partial charge >= 0.3 is 11.9 Å². The van der Waals surface area contributed by atoms with Crippen LogP contribution in [-0.2, 0) is 13.1 Å². The van der Waals surface area contributed by atoms with Gasteiger partial charge in [0.2, 0.25) is 0 Å². The molecule has 46 heavy (non-hydrogen) atoms. The van der Waals surface area contributed by atoms with Crippen LogP contribution in [0.2, 0.25) is 0 Å². The normalized spacial score (nSPS) is 11.0. The Morgan fingerprint density at radius 3 is 1.26 bits per heavy atom. The number of carbonyl (C=O) groups excluding carboxylic acids is 2. The lowest BCUT2D eigenvalue weighted by atomic mass is 10.1. The number of thiazole rings is 2. The average molecular weight is 653 g/mol. The van der Waals surface area contributed by atoms with Gasteiger partial charge < -0.3 is 30.0 Å². The third kappa shape index (κ3) is 6.47. The zero-order chi connectivity index (χ0) is 32.5. The lowest BCUT2D eigenvalue weighted by Gasteiger charge is -2.07. The van der Waals surface area contributed by atoms with Gasteiger partial charge in [0.15, 0.2) is 47.5 Å². The number of benzene rings is 2. The van der Waals surface area contributed by atoms with E-state index in [0.717, 1.165) is 42.9 Å². The van der Waals surface area contributed by atoms with Crippen molar-refractivity contribution in [2.75, 3.05) is 0 Å². The van der Waals surface area contributed by atoms with Crippen molar-refractivity contribution in [2.45, 2.75) is 13.1 Å². The van der Waals surface area contributed by atoms with Crippen molar-refractivity contribution in [3.8, 4) is 21.1 Å². The summed E-state index contributed by atoms with van der Waals surface area (Å²) in [5, 5.41) is 42.8. The maximum atomic E-state index is 11.4. The van der Waals surface area contributed by atoms with Gasteiger partial charge in [0.05, 0.1) is 23.1 Å². The predicted octanol–water partition coefficient (Wildman–Crippen LogP) is 1.88. The number of aromatic nitrogens is 4. The molecule has 14 heteroatoms. The van der Waals surface area contributed by atoms with Crippen molar-refractivity contribution in [3.05, 3.63) is 119 Å². The van der Waals surface area contributed by atoms with E-state index in [1.54, 1.807) is 33.9 Å². The number of fused-ring (bicyclic) bond motifs is 1. The first-order chi connectivity index (χ1) is 22.0. The van der Waals surface area contributed by atoms with Gasteiger partial charge in [-0.2, -0.15) is 0 Å². The van der Waals surface area contributed by atoms with Crippen molar-refractivity contribution in [3.63, 3.8) is 0 Å². The fourth-order valence-corrected chi connectivity index (χ4v) is 6.82. The number of hydrogen-bond acceptors (Lipinski definition) is 10. The monoisotopic (exact) mass is 652 g/mol. The standard InChI is InChI=1S/C32H20N4O8S2/c37-29(38)21-9-17(10-22(13-21)30(39)40)15-35-5-1-19(2-6-35)25-33-27-28(45-25)34-26(46-27)20-3-7-36(8-4-20)16-18-11-23(31(41)42)14-24(12-18)32(43)44/h1-14H,15-16H2,(H2-2,37,38,39,40,41,42,43,44). The lowest BCUT2D eigenvalue weighted by molar-refractivity contribution is -0.688. The minimum Gasteiger partial charge on any atom is -0.545 e. The van der Waals surface area contributed by atoms with E-state index >= 15 is 0 Å². The molecule has 12 nitrogen and oxygen atoms in total. The number of nitrogens with zero attached hydrogens (tertiary/aromatic N) is 4. The number of aromatic carboxylic acids is 4. The fraction of sp³-hybridized carbons (Fsp3) is 0.0625. The van der Waals surface area contributed by atoms with Crippen LogP contribution in [0.15, 0.2) is 85.5 Å².